The monoisotopic (exact) mass is 346 g/mol. The Morgan fingerprint density at radius 3 is 3.08 bits per heavy atom. The van der Waals surface area contributed by atoms with Crippen LogP contribution in [0, 0.1) is 23.2 Å². The highest BCUT2D eigenvalue weighted by Gasteiger charge is 2.78. The number of carbonyl (C=O) groups is 1. The van der Waals surface area contributed by atoms with E-state index in [1.54, 1.807) is 6.26 Å². The lowest BCUT2D eigenvalue weighted by atomic mass is 9.53. The lowest BCUT2D eigenvalue weighted by Crippen LogP contribution is -2.84. The normalized spacial score (nSPS) is 47.6. The van der Waals surface area contributed by atoms with Crippen LogP contribution in [0.5, 0.6) is 0 Å². The largest absolute Gasteiger partial charge is 0.463 e. The van der Waals surface area contributed by atoms with Gasteiger partial charge in [-0.1, -0.05) is 20.3 Å². The van der Waals surface area contributed by atoms with Crippen LogP contribution in [0.25, 0.3) is 0 Å². The molecule has 2 aliphatic carbocycles. The van der Waals surface area contributed by atoms with Gasteiger partial charge in [0, 0.05) is 11.3 Å². The molecule has 4 fully saturated rings. The van der Waals surface area contributed by atoms with Gasteiger partial charge >= 0.3 is 5.97 Å². The molecule has 0 radical (unpaired) electrons. The molecule has 1 spiro atoms. The Morgan fingerprint density at radius 1 is 1.40 bits per heavy atom. The van der Waals surface area contributed by atoms with Crippen LogP contribution in [0.1, 0.15) is 45.3 Å². The second-order valence-corrected chi connectivity index (χ2v) is 8.86. The maximum absolute atomic E-state index is 12.6. The zero-order valence-electron chi connectivity index (χ0n) is 15.1. The minimum Gasteiger partial charge on any atom is -0.463 e. The van der Waals surface area contributed by atoms with E-state index in [9.17, 15) is 4.79 Å². The topological polar surface area (TPSA) is 68.6 Å². The number of hydrogen-bond donors (Lipinski definition) is 1. The van der Waals surface area contributed by atoms with Crippen molar-refractivity contribution in [2.75, 3.05) is 6.54 Å². The van der Waals surface area contributed by atoms with Crippen LogP contribution < -0.4 is 5.32 Å². The summed E-state index contributed by atoms with van der Waals surface area (Å²) in [6, 6.07) is 3.87. The van der Waals surface area contributed by atoms with Crippen molar-refractivity contribution >= 4 is 5.97 Å². The number of fused-ring (bicyclic) bond motifs is 2. The smallest absolute Gasteiger partial charge is 0.315 e. The highest BCUT2D eigenvalue weighted by molar-refractivity contribution is 5.76. The van der Waals surface area contributed by atoms with E-state index in [2.05, 4.69) is 19.2 Å². The maximum Gasteiger partial charge on any atom is 0.315 e. The fourth-order valence-electron chi connectivity index (χ4n) is 6.33. The summed E-state index contributed by atoms with van der Waals surface area (Å²) in [5.74, 6) is 1.68. The number of ether oxygens (including phenoxy) is 2. The van der Waals surface area contributed by atoms with E-state index in [4.69, 9.17) is 13.9 Å². The highest BCUT2D eigenvalue weighted by atomic mass is 16.6. The summed E-state index contributed by atoms with van der Waals surface area (Å²) in [6.45, 7) is 6.22. The molecule has 0 aromatic carbocycles. The van der Waals surface area contributed by atoms with Crippen LogP contribution >= 0.6 is 0 Å². The van der Waals surface area contributed by atoms with Gasteiger partial charge in [-0.25, -0.2) is 0 Å². The van der Waals surface area contributed by atoms with Crippen molar-refractivity contribution in [1.29, 1.82) is 0 Å². The number of epoxide rings is 1. The van der Waals surface area contributed by atoms with Gasteiger partial charge in [-0.15, -0.1) is 0 Å². The zero-order valence-corrected chi connectivity index (χ0v) is 15.1. The molecule has 25 heavy (non-hydrogen) atoms. The first-order chi connectivity index (χ1) is 12.1. The quantitative estimate of drug-likeness (QED) is 0.667. The highest BCUT2D eigenvalue weighted by Crippen LogP contribution is 2.70. The molecule has 2 N–H and O–H groups in total. The van der Waals surface area contributed by atoms with Gasteiger partial charge in [0.1, 0.15) is 24.2 Å². The van der Waals surface area contributed by atoms with Gasteiger partial charge in [-0.2, -0.15) is 0 Å². The molecule has 1 aromatic heterocycles. The number of carbonyl (C=O) groups excluding carboxylic acids is 1. The number of furan rings is 1. The minimum atomic E-state index is -0.0528. The molecular formula is C20H28NO4+. The van der Waals surface area contributed by atoms with E-state index in [0.29, 0.717) is 5.92 Å². The molecule has 5 heteroatoms. The molecule has 5 nitrogen and oxygen atoms in total. The zero-order chi connectivity index (χ0) is 17.2. The molecule has 1 aromatic rings. The number of nitrogens with two attached hydrogens (primary N) is 1. The van der Waals surface area contributed by atoms with E-state index in [1.165, 1.54) is 19.3 Å². The molecule has 0 amide bonds. The van der Waals surface area contributed by atoms with Crippen molar-refractivity contribution in [2.24, 2.45) is 23.2 Å². The van der Waals surface area contributed by atoms with Crippen molar-refractivity contribution in [3.63, 3.8) is 0 Å². The molecular weight excluding hydrogens is 318 g/mol. The minimum absolute atomic E-state index is 0.000339. The van der Waals surface area contributed by atoms with Crippen LogP contribution in [0.3, 0.4) is 0 Å². The molecule has 7 atom stereocenters. The standard InChI is InChI=1S/C20H27NO4/c1-12-5-3-7-19(2)9-15-16(17-20(12,19)25-17)14(18(22)24-15)11-21-10-13-6-4-8-23-13/h4,6,8,12,14-17,21H,3,5,7,9-11H2,1-2H3/p+1/t12-,14+,15+,16+,17+,19+,20+/m0/s1. The van der Waals surface area contributed by atoms with Gasteiger partial charge in [0.25, 0.3) is 0 Å². The molecule has 4 aliphatic rings. The van der Waals surface area contributed by atoms with Crippen LogP contribution in [-0.4, -0.2) is 30.3 Å². The molecule has 0 bridgehead atoms. The fourth-order valence-corrected chi connectivity index (χ4v) is 6.33. The van der Waals surface area contributed by atoms with Crippen LogP contribution in [0.15, 0.2) is 22.8 Å². The molecule has 136 valence electrons. The fraction of sp³-hybridized carbons (Fsp3) is 0.750. The first kappa shape index (κ1) is 15.9. The van der Waals surface area contributed by atoms with E-state index in [-0.39, 0.29) is 41.0 Å². The third-order valence-electron chi connectivity index (χ3n) is 7.54. The van der Waals surface area contributed by atoms with Gasteiger partial charge in [-0.05, 0) is 37.3 Å². The van der Waals surface area contributed by atoms with Gasteiger partial charge in [0.2, 0.25) is 0 Å². The van der Waals surface area contributed by atoms with E-state index in [0.717, 1.165) is 25.3 Å². The molecule has 2 aliphatic heterocycles. The predicted molar refractivity (Wildman–Crippen MR) is 89.4 cm³/mol. The van der Waals surface area contributed by atoms with Gasteiger partial charge in [-0.3, -0.25) is 4.79 Å². The van der Waals surface area contributed by atoms with Crippen LogP contribution in [0.4, 0.5) is 0 Å². The summed E-state index contributed by atoms with van der Waals surface area (Å²) in [7, 11) is 0. The number of rotatable bonds is 4. The Hall–Kier alpha value is -1.33. The summed E-state index contributed by atoms with van der Waals surface area (Å²) in [5, 5.41) is 2.17. The predicted octanol–water partition coefficient (Wildman–Crippen LogP) is 1.87. The van der Waals surface area contributed by atoms with Gasteiger partial charge < -0.3 is 19.2 Å². The Labute approximate surface area is 148 Å². The Balaban J connectivity index is 1.33. The summed E-state index contributed by atoms with van der Waals surface area (Å²) >= 11 is 0. The third-order valence-corrected chi connectivity index (χ3v) is 7.54. The number of esters is 1. The summed E-state index contributed by atoms with van der Waals surface area (Å²) < 4.78 is 17.7. The second kappa shape index (κ2) is 5.34. The first-order valence-corrected chi connectivity index (χ1v) is 9.77. The summed E-state index contributed by atoms with van der Waals surface area (Å²) in [5.41, 5.74) is 0.170. The van der Waals surface area contributed by atoms with E-state index in [1.807, 2.05) is 12.1 Å². The Morgan fingerprint density at radius 2 is 2.28 bits per heavy atom. The van der Waals surface area contributed by atoms with Crippen molar-refractivity contribution in [3.8, 4) is 0 Å². The SMILES string of the molecule is C[C@H]1CCC[C@]2(C)C[C@H]3OC(=O)[C@H](C[NH2+]Cc4ccco4)[C@H]3[C@H]3O[C@@]312. The van der Waals surface area contributed by atoms with E-state index < -0.39 is 0 Å². The molecule has 2 saturated heterocycles. The molecule has 5 rings (SSSR count). The molecule has 2 saturated carbocycles. The molecule has 0 unspecified atom stereocenters. The van der Waals surface area contributed by atoms with Gasteiger partial charge in [0.15, 0.2) is 5.76 Å². The number of quaternary nitrogens is 1. The summed E-state index contributed by atoms with van der Waals surface area (Å²) in [6.07, 6.45) is 6.62. The first-order valence-electron chi connectivity index (χ1n) is 9.77. The van der Waals surface area contributed by atoms with E-state index >= 15 is 0 Å². The Bertz CT molecular complexity index is 673. The maximum atomic E-state index is 12.6. The average Bonchev–Trinajstić information content (AvgIpc) is 2.97. The second-order valence-electron chi connectivity index (χ2n) is 8.86. The summed E-state index contributed by atoms with van der Waals surface area (Å²) in [4.78, 5) is 12.6. The van der Waals surface area contributed by atoms with Crippen molar-refractivity contribution in [3.05, 3.63) is 24.2 Å². The van der Waals surface area contributed by atoms with Crippen LogP contribution in [0.2, 0.25) is 0 Å². The lowest BCUT2D eigenvalue weighted by Gasteiger charge is -2.48. The Kier molecular flexibility index (Phi) is 3.39. The van der Waals surface area contributed by atoms with Gasteiger partial charge in [0.05, 0.1) is 18.9 Å². The number of hydrogen-bond acceptors (Lipinski definition) is 4. The van der Waals surface area contributed by atoms with Crippen LogP contribution in [-0.2, 0) is 20.8 Å². The lowest BCUT2D eigenvalue weighted by molar-refractivity contribution is -0.676. The third kappa shape index (κ3) is 2.12. The van der Waals surface area contributed by atoms with Crippen molar-refractivity contribution < 1.29 is 24.0 Å². The van der Waals surface area contributed by atoms with Crippen molar-refractivity contribution in [2.45, 2.75) is 63.9 Å². The van der Waals surface area contributed by atoms with Crippen molar-refractivity contribution in [1.82, 2.24) is 0 Å². The molecule has 3 heterocycles. The average molecular weight is 346 g/mol.